The predicted octanol–water partition coefficient (Wildman–Crippen LogP) is 3.49. The van der Waals surface area contributed by atoms with E-state index < -0.39 is 0 Å². The molecule has 2 aromatic carbocycles. The number of methoxy groups -OCH3 is 1. The molecule has 0 fully saturated rings. The summed E-state index contributed by atoms with van der Waals surface area (Å²) in [7, 11) is 3.56. The Bertz CT molecular complexity index is 718. The van der Waals surface area contributed by atoms with Gasteiger partial charge in [0.25, 0.3) is 0 Å². The van der Waals surface area contributed by atoms with E-state index in [-0.39, 0.29) is 24.0 Å². The minimum Gasteiger partial charge on any atom is -0.497 e. The first-order valence-corrected chi connectivity index (χ1v) is 8.45. The van der Waals surface area contributed by atoms with Crippen LogP contribution in [0.1, 0.15) is 16.7 Å². The molecular formula is C20H26IN3O. The van der Waals surface area contributed by atoms with E-state index in [1.165, 1.54) is 16.7 Å². The molecular weight excluding hydrogens is 425 g/mol. The van der Waals surface area contributed by atoms with E-state index in [0.29, 0.717) is 0 Å². The lowest BCUT2D eigenvalue weighted by Crippen LogP contribution is -2.44. The van der Waals surface area contributed by atoms with Gasteiger partial charge in [-0.15, -0.1) is 24.0 Å². The van der Waals surface area contributed by atoms with Crippen LogP contribution in [0, 0.1) is 0 Å². The second kappa shape index (κ2) is 9.65. The zero-order chi connectivity index (χ0) is 16.8. The van der Waals surface area contributed by atoms with Crippen molar-refractivity contribution in [1.29, 1.82) is 0 Å². The third kappa shape index (κ3) is 5.11. The van der Waals surface area contributed by atoms with Crippen LogP contribution in [0.5, 0.6) is 5.75 Å². The maximum Gasteiger partial charge on any atom is 0.193 e. The molecule has 1 N–H and O–H groups in total. The van der Waals surface area contributed by atoms with Crippen molar-refractivity contribution >= 4 is 29.9 Å². The van der Waals surface area contributed by atoms with Crippen LogP contribution in [-0.2, 0) is 19.4 Å². The molecule has 3 rings (SSSR count). The molecule has 0 saturated carbocycles. The summed E-state index contributed by atoms with van der Waals surface area (Å²) >= 11 is 0. The number of nitrogens with one attached hydrogen (secondary N) is 1. The number of guanidine groups is 1. The van der Waals surface area contributed by atoms with Crippen molar-refractivity contribution < 1.29 is 4.74 Å². The molecule has 0 radical (unpaired) electrons. The molecule has 1 aliphatic rings. The van der Waals surface area contributed by atoms with E-state index in [1.54, 1.807) is 7.11 Å². The normalized spacial score (nSPS) is 13.7. The van der Waals surface area contributed by atoms with Crippen LogP contribution in [0.4, 0.5) is 0 Å². The Morgan fingerprint density at radius 2 is 1.96 bits per heavy atom. The molecule has 0 aliphatic carbocycles. The Kier molecular flexibility index (Phi) is 7.55. The largest absolute Gasteiger partial charge is 0.497 e. The van der Waals surface area contributed by atoms with Gasteiger partial charge >= 0.3 is 0 Å². The Balaban J connectivity index is 0.00000225. The number of fused-ring (bicyclic) bond motifs is 1. The molecule has 1 heterocycles. The number of rotatable bonds is 4. The quantitative estimate of drug-likeness (QED) is 0.440. The predicted molar refractivity (Wildman–Crippen MR) is 114 cm³/mol. The number of aliphatic imine (C=N–C) groups is 1. The highest BCUT2D eigenvalue weighted by Gasteiger charge is 2.18. The van der Waals surface area contributed by atoms with Gasteiger partial charge in [0.05, 0.1) is 7.11 Å². The Morgan fingerprint density at radius 3 is 2.72 bits per heavy atom. The molecule has 0 saturated heterocycles. The van der Waals surface area contributed by atoms with Gasteiger partial charge in [-0.3, -0.25) is 4.99 Å². The highest BCUT2D eigenvalue weighted by molar-refractivity contribution is 14.0. The molecule has 0 bridgehead atoms. The second-order valence-electron chi connectivity index (χ2n) is 6.02. The van der Waals surface area contributed by atoms with Crippen LogP contribution < -0.4 is 10.1 Å². The molecule has 0 amide bonds. The van der Waals surface area contributed by atoms with Crippen LogP contribution in [-0.4, -0.2) is 38.1 Å². The first-order chi connectivity index (χ1) is 11.8. The molecule has 1 aliphatic heterocycles. The standard InChI is InChI=1S/C20H25N3O.HI/c1-21-20(22-12-10-16-6-5-9-19(14-16)24-2)23-13-11-17-7-3-4-8-18(17)15-23;/h3-9,14H,10-13,15H2,1-2H3,(H,21,22);1H. The van der Waals surface area contributed by atoms with Gasteiger partial charge in [-0.2, -0.15) is 0 Å². The molecule has 25 heavy (non-hydrogen) atoms. The summed E-state index contributed by atoms with van der Waals surface area (Å²) < 4.78 is 5.28. The van der Waals surface area contributed by atoms with Crippen molar-refractivity contribution in [2.45, 2.75) is 19.4 Å². The fourth-order valence-electron chi connectivity index (χ4n) is 3.16. The number of hydrogen-bond donors (Lipinski definition) is 1. The maximum absolute atomic E-state index is 5.28. The number of halogens is 1. The summed E-state index contributed by atoms with van der Waals surface area (Å²) in [5.74, 6) is 1.89. The summed E-state index contributed by atoms with van der Waals surface area (Å²) in [4.78, 5) is 6.78. The summed E-state index contributed by atoms with van der Waals surface area (Å²) in [6, 6.07) is 16.9. The van der Waals surface area contributed by atoms with Crippen molar-refractivity contribution in [3.8, 4) is 5.75 Å². The van der Waals surface area contributed by atoms with E-state index in [4.69, 9.17) is 4.74 Å². The van der Waals surface area contributed by atoms with Crippen LogP contribution in [0.25, 0.3) is 0 Å². The first kappa shape index (κ1) is 19.6. The first-order valence-electron chi connectivity index (χ1n) is 8.45. The number of hydrogen-bond acceptors (Lipinski definition) is 2. The molecule has 0 aromatic heterocycles. The lowest BCUT2D eigenvalue weighted by molar-refractivity contribution is 0.379. The summed E-state index contributed by atoms with van der Waals surface area (Å²) in [6.07, 6.45) is 2.02. The van der Waals surface area contributed by atoms with Crippen molar-refractivity contribution in [2.75, 3.05) is 27.2 Å². The molecule has 4 nitrogen and oxygen atoms in total. The van der Waals surface area contributed by atoms with Crippen molar-refractivity contribution in [3.05, 3.63) is 65.2 Å². The van der Waals surface area contributed by atoms with Gasteiger partial charge in [0.2, 0.25) is 0 Å². The highest BCUT2D eigenvalue weighted by Crippen LogP contribution is 2.18. The van der Waals surface area contributed by atoms with E-state index >= 15 is 0 Å². The summed E-state index contributed by atoms with van der Waals surface area (Å²) in [5, 5.41) is 3.49. The van der Waals surface area contributed by atoms with Gasteiger partial charge < -0.3 is 15.0 Å². The average Bonchev–Trinajstić information content (AvgIpc) is 2.65. The van der Waals surface area contributed by atoms with E-state index in [1.807, 2.05) is 19.2 Å². The van der Waals surface area contributed by atoms with Crippen LogP contribution in [0.15, 0.2) is 53.5 Å². The molecule has 2 aromatic rings. The van der Waals surface area contributed by atoms with Crippen molar-refractivity contribution in [1.82, 2.24) is 10.2 Å². The minimum atomic E-state index is 0. The Morgan fingerprint density at radius 1 is 1.16 bits per heavy atom. The zero-order valence-corrected chi connectivity index (χ0v) is 17.2. The Labute approximate surface area is 167 Å². The fourth-order valence-corrected chi connectivity index (χ4v) is 3.16. The number of nitrogens with zero attached hydrogens (tertiary/aromatic N) is 2. The average molecular weight is 451 g/mol. The molecule has 5 heteroatoms. The smallest absolute Gasteiger partial charge is 0.193 e. The topological polar surface area (TPSA) is 36.9 Å². The second-order valence-corrected chi connectivity index (χ2v) is 6.02. The van der Waals surface area contributed by atoms with Crippen molar-refractivity contribution in [2.24, 2.45) is 4.99 Å². The van der Waals surface area contributed by atoms with Crippen LogP contribution in [0.3, 0.4) is 0 Å². The highest BCUT2D eigenvalue weighted by atomic mass is 127. The molecule has 0 atom stereocenters. The van der Waals surface area contributed by atoms with E-state index in [0.717, 1.165) is 44.2 Å². The maximum atomic E-state index is 5.28. The molecule has 0 unspecified atom stereocenters. The van der Waals surface area contributed by atoms with Gasteiger partial charge in [0.1, 0.15) is 5.75 Å². The summed E-state index contributed by atoms with van der Waals surface area (Å²) in [5.41, 5.74) is 4.13. The van der Waals surface area contributed by atoms with E-state index in [2.05, 4.69) is 51.6 Å². The lowest BCUT2D eigenvalue weighted by atomic mass is 10.0. The van der Waals surface area contributed by atoms with Gasteiger partial charge in [0, 0.05) is 26.7 Å². The number of benzene rings is 2. The van der Waals surface area contributed by atoms with E-state index in [9.17, 15) is 0 Å². The van der Waals surface area contributed by atoms with Gasteiger partial charge in [-0.05, 0) is 41.7 Å². The number of ether oxygens (including phenoxy) is 1. The van der Waals surface area contributed by atoms with Crippen LogP contribution in [0.2, 0.25) is 0 Å². The lowest BCUT2D eigenvalue weighted by Gasteiger charge is -2.31. The SMILES string of the molecule is CN=C(NCCc1cccc(OC)c1)N1CCc2ccccc2C1.I. The molecule has 0 spiro atoms. The third-order valence-electron chi connectivity index (χ3n) is 4.47. The van der Waals surface area contributed by atoms with Gasteiger partial charge in [0.15, 0.2) is 5.96 Å². The van der Waals surface area contributed by atoms with Gasteiger partial charge in [-0.25, -0.2) is 0 Å². The van der Waals surface area contributed by atoms with Gasteiger partial charge in [-0.1, -0.05) is 36.4 Å². The Hall–Kier alpha value is -1.76. The minimum absolute atomic E-state index is 0. The molecule has 134 valence electrons. The third-order valence-corrected chi connectivity index (χ3v) is 4.47. The summed E-state index contributed by atoms with van der Waals surface area (Å²) in [6.45, 7) is 2.79. The zero-order valence-electron chi connectivity index (χ0n) is 14.9. The van der Waals surface area contributed by atoms with Crippen LogP contribution >= 0.6 is 24.0 Å². The monoisotopic (exact) mass is 451 g/mol. The van der Waals surface area contributed by atoms with Crippen molar-refractivity contribution in [3.63, 3.8) is 0 Å². The fraction of sp³-hybridized carbons (Fsp3) is 0.350.